The third kappa shape index (κ3) is 4.27. The second-order valence-electron chi connectivity index (χ2n) is 4.65. The monoisotopic (exact) mass is 267 g/mol. The second-order valence-corrected chi connectivity index (χ2v) is 4.65. The van der Waals surface area contributed by atoms with Crippen LogP contribution in [0.2, 0.25) is 0 Å². The van der Waals surface area contributed by atoms with E-state index in [0.717, 1.165) is 0 Å². The van der Waals surface area contributed by atoms with E-state index in [1.54, 1.807) is 6.92 Å². The molecule has 19 heavy (non-hydrogen) atoms. The zero-order chi connectivity index (χ0) is 14.4. The van der Waals surface area contributed by atoms with E-state index in [-0.39, 0.29) is 17.5 Å². The number of nitrogens with one attached hydrogen (secondary N) is 2. The van der Waals surface area contributed by atoms with Crippen LogP contribution in [0.4, 0.5) is 11.5 Å². The maximum absolute atomic E-state index is 11.8. The highest BCUT2D eigenvalue weighted by Crippen LogP contribution is 2.24. The van der Waals surface area contributed by atoms with Gasteiger partial charge < -0.3 is 21.1 Å². The number of methoxy groups -OCH3 is 1. The van der Waals surface area contributed by atoms with E-state index < -0.39 is 6.04 Å². The van der Waals surface area contributed by atoms with Gasteiger partial charge in [-0.15, -0.1) is 0 Å². The number of hydrogen-bond acceptors (Lipinski definition) is 6. The van der Waals surface area contributed by atoms with Gasteiger partial charge in [-0.2, -0.15) is 4.98 Å². The van der Waals surface area contributed by atoms with Crippen LogP contribution in [0.5, 0.6) is 5.88 Å². The number of nitrogens with zero attached hydrogens (tertiary/aromatic N) is 2. The van der Waals surface area contributed by atoms with Crippen LogP contribution in [0, 0.1) is 5.92 Å². The minimum atomic E-state index is -0.444. The van der Waals surface area contributed by atoms with Crippen molar-refractivity contribution >= 4 is 17.4 Å². The van der Waals surface area contributed by atoms with Crippen molar-refractivity contribution in [2.45, 2.75) is 26.8 Å². The molecule has 0 saturated heterocycles. The highest BCUT2D eigenvalue weighted by molar-refractivity contribution is 5.85. The number of aromatic nitrogens is 2. The van der Waals surface area contributed by atoms with Crippen molar-refractivity contribution in [3.8, 4) is 5.88 Å². The van der Waals surface area contributed by atoms with Crippen molar-refractivity contribution in [2.75, 3.05) is 24.7 Å². The average Bonchev–Trinajstić information content (AvgIpc) is 2.38. The molecular weight excluding hydrogens is 246 g/mol. The first-order chi connectivity index (χ1) is 8.95. The number of amides is 1. The molecule has 1 amide bonds. The van der Waals surface area contributed by atoms with Crippen molar-refractivity contribution in [3.05, 3.63) is 6.33 Å². The van der Waals surface area contributed by atoms with E-state index >= 15 is 0 Å². The molecule has 0 aliphatic heterocycles. The van der Waals surface area contributed by atoms with Gasteiger partial charge in [-0.25, -0.2) is 4.98 Å². The first kappa shape index (κ1) is 15.0. The van der Waals surface area contributed by atoms with Crippen LogP contribution >= 0.6 is 0 Å². The quantitative estimate of drug-likeness (QED) is 0.699. The molecular formula is C12H21N5O2. The number of ether oxygens (including phenoxy) is 1. The van der Waals surface area contributed by atoms with Gasteiger partial charge in [0.2, 0.25) is 11.8 Å². The number of carbonyl (C=O) groups is 1. The van der Waals surface area contributed by atoms with E-state index in [4.69, 9.17) is 10.5 Å². The molecule has 0 aliphatic carbocycles. The summed E-state index contributed by atoms with van der Waals surface area (Å²) in [5.74, 6) is 0.970. The number of nitrogens with two attached hydrogens (primary N) is 1. The van der Waals surface area contributed by atoms with Gasteiger partial charge in [0.1, 0.15) is 18.1 Å². The Morgan fingerprint density at radius 3 is 2.68 bits per heavy atom. The summed E-state index contributed by atoms with van der Waals surface area (Å²) in [7, 11) is 1.47. The normalized spacial score (nSPS) is 12.1. The van der Waals surface area contributed by atoms with Gasteiger partial charge in [0, 0.05) is 6.54 Å². The van der Waals surface area contributed by atoms with E-state index in [9.17, 15) is 4.79 Å². The van der Waals surface area contributed by atoms with E-state index in [2.05, 4.69) is 20.6 Å². The lowest BCUT2D eigenvalue weighted by molar-refractivity contribution is -0.121. The summed E-state index contributed by atoms with van der Waals surface area (Å²) in [6, 6.07) is -0.444. The van der Waals surface area contributed by atoms with Crippen LogP contribution in [0.25, 0.3) is 0 Å². The topological polar surface area (TPSA) is 102 Å². The highest BCUT2D eigenvalue weighted by Gasteiger charge is 2.16. The fourth-order valence-electron chi connectivity index (χ4n) is 1.39. The van der Waals surface area contributed by atoms with E-state index in [0.29, 0.717) is 18.3 Å². The van der Waals surface area contributed by atoms with Crippen LogP contribution in [0.3, 0.4) is 0 Å². The molecule has 7 heteroatoms. The molecule has 1 unspecified atom stereocenters. The van der Waals surface area contributed by atoms with Crippen LogP contribution < -0.4 is 21.1 Å². The van der Waals surface area contributed by atoms with Gasteiger partial charge in [0.15, 0.2) is 5.82 Å². The third-order valence-electron chi connectivity index (χ3n) is 2.47. The van der Waals surface area contributed by atoms with Gasteiger partial charge in [0.05, 0.1) is 7.11 Å². The maximum Gasteiger partial charge on any atom is 0.242 e. The maximum atomic E-state index is 11.8. The summed E-state index contributed by atoms with van der Waals surface area (Å²) >= 11 is 0. The minimum Gasteiger partial charge on any atom is -0.479 e. The SMILES string of the molecule is COc1ncnc(NC(C)C(=O)NCC(C)C)c1N. The predicted molar refractivity (Wildman–Crippen MR) is 73.9 cm³/mol. The molecule has 0 radical (unpaired) electrons. The van der Waals surface area contributed by atoms with Gasteiger partial charge in [-0.3, -0.25) is 4.79 Å². The van der Waals surface area contributed by atoms with Crippen molar-refractivity contribution in [1.29, 1.82) is 0 Å². The Kier molecular flexibility index (Phi) is 5.35. The van der Waals surface area contributed by atoms with Crippen molar-refractivity contribution in [3.63, 3.8) is 0 Å². The molecule has 0 fully saturated rings. The van der Waals surface area contributed by atoms with Crippen LogP contribution in [-0.2, 0) is 4.79 Å². The fraction of sp³-hybridized carbons (Fsp3) is 0.583. The molecule has 7 nitrogen and oxygen atoms in total. The lowest BCUT2D eigenvalue weighted by atomic mass is 10.2. The molecule has 106 valence electrons. The molecule has 1 heterocycles. The summed E-state index contributed by atoms with van der Waals surface area (Å²) in [5.41, 5.74) is 6.11. The van der Waals surface area contributed by atoms with Gasteiger partial charge in [-0.1, -0.05) is 13.8 Å². The first-order valence-corrected chi connectivity index (χ1v) is 6.14. The third-order valence-corrected chi connectivity index (χ3v) is 2.47. The Bertz CT molecular complexity index is 436. The molecule has 0 aliphatic rings. The predicted octanol–water partition coefficient (Wildman–Crippen LogP) is 0.640. The second kappa shape index (κ2) is 6.77. The lowest BCUT2D eigenvalue weighted by Gasteiger charge is -2.17. The standard InChI is InChI=1S/C12H21N5O2/c1-7(2)5-14-11(18)8(3)17-10-9(13)12(19-4)16-6-15-10/h6-8H,5,13H2,1-4H3,(H,14,18)(H,15,16,17). The Morgan fingerprint density at radius 1 is 1.42 bits per heavy atom. The first-order valence-electron chi connectivity index (χ1n) is 6.14. The minimum absolute atomic E-state index is 0.106. The molecule has 0 spiro atoms. The molecule has 1 aromatic heterocycles. The summed E-state index contributed by atoms with van der Waals surface area (Å²) in [5, 5.41) is 5.77. The number of rotatable bonds is 6. The number of hydrogen-bond donors (Lipinski definition) is 3. The van der Waals surface area contributed by atoms with Gasteiger partial charge in [0.25, 0.3) is 0 Å². The largest absolute Gasteiger partial charge is 0.479 e. The Morgan fingerprint density at radius 2 is 2.11 bits per heavy atom. The van der Waals surface area contributed by atoms with Crippen LogP contribution in [-0.4, -0.2) is 35.6 Å². The molecule has 1 aromatic rings. The van der Waals surface area contributed by atoms with Crippen LogP contribution in [0.15, 0.2) is 6.33 Å². The van der Waals surface area contributed by atoms with Crippen molar-refractivity contribution < 1.29 is 9.53 Å². The molecule has 1 atom stereocenters. The molecule has 0 aromatic carbocycles. The Hall–Kier alpha value is -2.05. The number of anilines is 2. The van der Waals surface area contributed by atoms with Crippen LogP contribution in [0.1, 0.15) is 20.8 Å². The van der Waals surface area contributed by atoms with Crippen molar-refractivity contribution in [1.82, 2.24) is 15.3 Å². The van der Waals surface area contributed by atoms with E-state index in [1.165, 1.54) is 13.4 Å². The van der Waals surface area contributed by atoms with Crippen molar-refractivity contribution in [2.24, 2.45) is 5.92 Å². The molecule has 1 rings (SSSR count). The highest BCUT2D eigenvalue weighted by atomic mass is 16.5. The summed E-state index contributed by atoms with van der Waals surface area (Å²) < 4.78 is 4.99. The van der Waals surface area contributed by atoms with E-state index in [1.807, 2.05) is 13.8 Å². The average molecular weight is 267 g/mol. The summed E-state index contributed by atoms with van der Waals surface area (Å²) in [6.45, 7) is 6.44. The van der Waals surface area contributed by atoms with Gasteiger partial charge in [-0.05, 0) is 12.8 Å². The number of carbonyl (C=O) groups excluding carboxylic acids is 1. The Labute approximate surface area is 113 Å². The Balaban J connectivity index is 2.66. The zero-order valence-electron chi connectivity index (χ0n) is 11.7. The molecule has 0 bridgehead atoms. The number of nitrogen functional groups attached to an aromatic ring is 1. The van der Waals surface area contributed by atoms with Gasteiger partial charge >= 0.3 is 0 Å². The molecule has 0 saturated carbocycles. The fourth-order valence-corrected chi connectivity index (χ4v) is 1.39. The summed E-state index contributed by atoms with van der Waals surface area (Å²) in [6.07, 6.45) is 1.33. The zero-order valence-corrected chi connectivity index (χ0v) is 11.7. The summed E-state index contributed by atoms with van der Waals surface area (Å²) in [4.78, 5) is 19.7. The molecule has 4 N–H and O–H groups in total. The smallest absolute Gasteiger partial charge is 0.242 e. The lowest BCUT2D eigenvalue weighted by Crippen LogP contribution is -2.39.